The summed E-state index contributed by atoms with van der Waals surface area (Å²) in [5.41, 5.74) is -0.228. The Morgan fingerprint density at radius 1 is 1.33 bits per heavy atom. The highest BCUT2D eigenvalue weighted by molar-refractivity contribution is 6.30. The summed E-state index contributed by atoms with van der Waals surface area (Å²) >= 11 is 5.58. The van der Waals surface area contributed by atoms with Gasteiger partial charge in [-0.1, -0.05) is 17.7 Å². The van der Waals surface area contributed by atoms with Gasteiger partial charge in [-0.2, -0.15) is 0 Å². The Morgan fingerprint density at radius 3 is 2.72 bits per heavy atom. The van der Waals surface area contributed by atoms with Gasteiger partial charge in [-0.05, 0) is 12.1 Å². The fourth-order valence-electron chi connectivity index (χ4n) is 1.15. The first-order valence-corrected chi connectivity index (χ1v) is 5.13. The number of hydrogen-bond donors (Lipinski definition) is 1. The van der Waals surface area contributed by atoms with E-state index in [9.17, 15) is 9.18 Å². The lowest BCUT2D eigenvalue weighted by molar-refractivity contribution is 0.0690. The number of ether oxygens (including phenoxy) is 1. The van der Waals surface area contributed by atoms with E-state index in [0.29, 0.717) is 0 Å². The van der Waals surface area contributed by atoms with Crippen LogP contribution < -0.4 is 4.74 Å². The summed E-state index contributed by atoms with van der Waals surface area (Å²) in [6, 6.07) is 4.26. The average Bonchev–Trinajstić information content (AvgIpc) is 2.36. The lowest BCUT2D eigenvalue weighted by Crippen LogP contribution is -2.01. The van der Waals surface area contributed by atoms with Crippen LogP contribution in [0.25, 0.3) is 0 Å². The Labute approximate surface area is 106 Å². The fourth-order valence-corrected chi connectivity index (χ4v) is 1.32. The third-order valence-corrected chi connectivity index (χ3v) is 2.27. The van der Waals surface area contributed by atoms with Crippen LogP contribution >= 0.6 is 11.6 Å². The molecule has 1 heterocycles. The SMILES string of the molecule is O=C(O)c1cnc(Oc2cccc(Cl)c2F)cn1. The summed E-state index contributed by atoms with van der Waals surface area (Å²) in [4.78, 5) is 17.8. The summed E-state index contributed by atoms with van der Waals surface area (Å²) in [5.74, 6) is -2.06. The summed E-state index contributed by atoms with van der Waals surface area (Å²) in [5, 5.41) is 8.54. The zero-order valence-corrected chi connectivity index (χ0v) is 9.56. The molecule has 1 aromatic heterocycles. The molecule has 0 atom stereocenters. The number of carboxylic acids is 1. The summed E-state index contributed by atoms with van der Waals surface area (Å²) in [7, 11) is 0. The maximum absolute atomic E-state index is 13.5. The molecule has 0 fully saturated rings. The van der Waals surface area contributed by atoms with Gasteiger partial charge in [-0.15, -0.1) is 0 Å². The molecule has 0 aliphatic rings. The molecule has 0 radical (unpaired) electrons. The molecule has 0 spiro atoms. The zero-order chi connectivity index (χ0) is 13.1. The van der Waals surface area contributed by atoms with Gasteiger partial charge in [0.1, 0.15) is 0 Å². The van der Waals surface area contributed by atoms with E-state index in [0.717, 1.165) is 12.4 Å². The molecule has 7 heteroatoms. The molecule has 18 heavy (non-hydrogen) atoms. The molecular weight excluding hydrogens is 263 g/mol. The highest BCUT2D eigenvalue weighted by atomic mass is 35.5. The number of aromatic nitrogens is 2. The first-order valence-electron chi connectivity index (χ1n) is 4.75. The topological polar surface area (TPSA) is 72.3 Å². The van der Waals surface area contributed by atoms with Crippen LogP contribution in [-0.2, 0) is 0 Å². The van der Waals surface area contributed by atoms with Crippen molar-refractivity contribution in [3.8, 4) is 11.6 Å². The van der Waals surface area contributed by atoms with Crippen LogP contribution in [0.15, 0.2) is 30.6 Å². The van der Waals surface area contributed by atoms with Crippen LogP contribution in [0.3, 0.4) is 0 Å². The van der Waals surface area contributed by atoms with E-state index in [-0.39, 0.29) is 22.3 Å². The number of aromatic carboxylic acids is 1. The smallest absolute Gasteiger partial charge is 0.356 e. The number of hydrogen-bond acceptors (Lipinski definition) is 4. The van der Waals surface area contributed by atoms with Gasteiger partial charge in [-0.3, -0.25) is 0 Å². The molecule has 0 unspecified atom stereocenters. The van der Waals surface area contributed by atoms with E-state index in [1.54, 1.807) is 0 Å². The van der Waals surface area contributed by atoms with E-state index in [2.05, 4.69) is 9.97 Å². The highest BCUT2D eigenvalue weighted by Gasteiger charge is 2.10. The van der Waals surface area contributed by atoms with Gasteiger partial charge in [0.15, 0.2) is 17.3 Å². The summed E-state index contributed by atoms with van der Waals surface area (Å²) in [6.07, 6.45) is 2.10. The van der Waals surface area contributed by atoms with Crippen molar-refractivity contribution < 1.29 is 19.0 Å². The molecular formula is C11H6ClFN2O3. The minimum absolute atomic E-state index is 0.0267. The molecule has 0 bridgehead atoms. The van der Waals surface area contributed by atoms with E-state index in [1.807, 2.05) is 0 Å². The maximum atomic E-state index is 13.5. The second-order valence-electron chi connectivity index (χ2n) is 3.20. The predicted molar refractivity (Wildman–Crippen MR) is 60.5 cm³/mol. The van der Waals surface area contributed by atoms with Gasteiger partial charge in [0, 0.05) is 0 Å². The van der Waals surface area contributed by atoms with Crippen LogP contribution in [0.2, 0.25) is 5.02 Å². The van der Waals surface area contributed by atoms with Crippen LogP contribution in [0.4, 0.5) is 4.39 Å². The van der Waals surface area contributed by atoms with Gasteiger partial charge in [0.2, 0.25) is 5.88 Å². The van der Waals surface area contributed by atoms with Crippen molar-refractivity contribution in [2.75, 3.05) is 0 Å². The van der Waals surface area contributed by atoms with Gasteiger partial charge >= 0.3 is 5.97 Å². The monoisotopic (exact) mass is 268 g/mol. The fraction of sp³-hybridized carbons (Fsp3) is 0. The second-order valence-corrected chi connectivity index (χ2v) is 3.61. The molecule has 1 aromatic carbocycles. The number of carboxylic acid groups (broad SMARTS) is 1. The third-order valence-electron chi connectivity index (χ3n) is 1.98. The van der Waals surface area contributed by atoms with Gasteiger partial charge < -0.3 is 9.84 Å². The van der Waals surface area contributed by atoms with Gasteiger partial charge in [0.25, 0.3) is 0 Å². The van der Waals surface area contributed by atoms with Crippen molar-refractivity contribution in [2.45, 2.75) is 0 Å². The lowest BCUT2D eigenvalue weighted by Gasteiger charge is -2.05. The van der Waals surface area contributed by atoms with Gasteiger partial charge in [0.05, 0.1) is 17.4 Å². The Morgan fingerprint density at radius 2 is 2.11 bits per heavy atom. The number of rotatable bonds is 3. The van der Waals surface area contributed by atoms with Crippen molar-refractivity contribution in [1.29, 1.82) is 0 Å². The Kier molecular flexibility index (Phi) is 3.38. The molecule has 1 N–H and O–H groups in total. The maximum Gasteiger partial charge on any atom is 0.356 e. The third kappa shape index (κ3) is 2.54. The van der Waals surface area contributed by atoms with Crippen molar-refractivity contribution in [3.05, 3.63) is 47.1 Å². The molecule has 0 aliphatic heterocycles. The van der Waals surface area contributed by atoms with Crippen LogP contribution in [0.1, 0.15) is 10.5 Å². The number of carbonyl (C=O) groups is 1. The van der Waals surface area contributed by atoms with Crippen LogP contribution in [-0.4, -0.2) is 21.0 Å². The first kappa shape index (κ1) is 12.3. The van der Waals surface area contributed by atoms with Gasteiger partial charge in [-0.25, -0.2) is 19.2 Å². The van der Waals surface area contributed by atoms with Crippen LogP contribution in [0.5, 0.6) is 11.6 Å². The minimum Gasteiger partial charge on any atom is -0.476 e. The van der Waals surface area contributed by atoms with Crippen molar-refractivity contribution >= 4 is 17.6 Å². The molecule has 2 rings (SSSR count). The normalized spacial score (nSPS) is 10.1. The summed E-state index contributed by atoms with van der Waals surface area (Å²) in [6.45, 7) is 0. The first-order chi connectivity index (χ1) is 8.58. The average molecular weight is 269 g/mol. The molecule has 0 amide bonds. The van der Waals surface area contributed by atoms with E-state index < -0.39 is 11.8 Å². The Balaban J connectivity index is 2.24. The minimum atomic E-state index is -1.21. The van der Waals surface area contributed by atoms with E-state index >= 15 is 0 Å². The zero-order valence-electron chi connectivity index (χ0n) is 8.80. The van der Waals surface area contributed by atoms with E-state index in [4.69, 9.17) is 21.4 Å². The molecule has 0 aliphatic carbocycles. The predicted octanol–water partition coefficient (Wildman–Crippen LogP) is 2.76. The highest BCUT2D eigenvalue weighted by Crippen LogP contribution is 2.27. The Bertz CT molecular complexity index is 589. The van der Waals surface area contributed by atoms with Crippen molar-refractivity contribution in [1.82, 2.24) is 9.97 Å². The molecule has 0 saturated carbocycles. The van der Waals surface area contributed by atoms with Crippen molar-refractivity contribution in [3.63, 3.8) is 0 Å². The lowest BCUT2D eigenvalue weighted by atomic mass is 10.3. The Hall–Kier alpha value is -2.21. The number of halogens is 2. The number of benzene rings is 1. The molecule has 5 nitrogen and oxygen atoms in total. The van der Waals surface area contributed by atoms with Crippen molar-refractivity contribution in [2.24, 2.45) is 0 Å². The second kappa shape index (κ2) is 4.97. The largest absolute Gasteiger partial charge is 0.476 e. The molecule has 2 aromatic rings. The van der Waals surface area contributed by atoms with Crippen LogP contribution in [0, 0.1) is 5.82 Å². The molecule has 92 valence electrons. The standard InChI is InChI=1S/C11H6ClFN2O3/c12-6-2-1-3-8(10(6)13)18-9-5-14-7(4-15-9)11(16)17/h1-5H,(H,16,17). The van der Waals surface area contributed by atoms with E-state index in [1.165, 1.54) is 18.2 Å². The summed E-state index contributed by atoms with van der Waals surface area (Å²) < 4.78 is 18.6. The quantitative estimate of drug-likeness (QED) is 0.927. The molecule has 0 saturated heterocycles. The number of nitrogens with zero attached hydrogens (tertiary/aromatic N) is 2.